The summed E-state index contributed by atoms with van der Waals surface area (Å²) in [4.78, 5) is 13.1. The Morgan fingerprint density at radius 2 is 1.92 bits per heavy atom. The molecule has 2 heterocycles. The maximum absolute atomic E-state index is 13.1. The maximum Gasteiger partial charge on any atom is 0.256 e. The molecule has 2 rings (SSSR count). The highest BCUT2D eigenvalue weighted by molar-refractivity contribution is 5.82. The first-order chi connectivity index (χ1) is 16.7. The summed E-state index contributed by atoms with van der Waals surface area (Å²) in [6, 6.07) is 0. The van der Waals surface area contributed by atoms with E-state index in [2.05, 4.69) is 18.5 Å². The molecule has 1 amide bonds. The molecular formula is C26H45NO9. The summed E-state index contributed by atoms with van der Waals surface area (Å²) in [7, 11) is 2.77. The molecule has 36 heavy (non-hydrogen) atoms. The quantitative estimate of drug-likeness (QED) is 0.184. The van der Waals surface area contributed by atoms with Gasteiger partial charge in [0.1, 0.15) is 12.7 Å². The lowest BCUT2D eigenvalue weighted by atomic mass is 9.74. The fraction of sp³-hybridized carbons (Fsp3) is 0.808. The van der Waals surface area contributed by atoms with Crippen LogP contribution in [0.15, 0.2) is 24.5 Å². The molecule has 0 aliphatic carbocycles. The monoisotopic (exact) mass is 515 g/mol. The van der Waals surface area contributed by atoms with Crippen molar-refractivity contribution in [3.8, 4) is 0 Å². The van der Waals surface area contributed by atoms with E-state index in [1.54, 1.807) is 6.92 Å². The third kappa shape index (κ3) is 6.86. The number of allylic oxidation sites excluding steroid dienone is 1. The highest BCUT2D eigenvalue weighted by Crippen LogP contribution is 2.40. The van der Waals surface area contributed by atoms with Crippen LogP contribution < -0.4 is 5.32 Å². The topological polar surface area (TPSA) is 136 Å². The van der Waals surface area contributed by atoms with E-state index in [0.717, 1.165) is 5.57 Å². The minimum absolute atomic E-state index is 0.0452. The Morgan fingerprint density at radius 3 is 2.44 bits per heavy atom. The number of aliphatic hydroxyl groups is 3. The number of carbonyl (C=O) groups is 1. The summed E-state index contributed by atoms with van der Waals surface area (Å²) in [6.07, 6.45) is -5.40. The zero-order valence-electron chi connectivity index (χ0n) is 22.7. The lowest BCUT2D eigenvalue weighted by molar-refractivity contribution is -0.298. The molecule has 9 atom stereocenters. The third-order valence-electron chi connectivity index (χ3n) is 7.59. The molecule has 0 aromatic carbocycles. The number of nitrogens with one attached hydrogen (secondary N) is 1. The first-order valence-electron chi connectivity index (χ1n) is 12.4. The van der Waals surface area contributed by atoms with Crippen LogP contribution in [0.5, 0.6) is 0 Å². The van der Waals surface area contributed by atoms with E-state index in [1.807, 2.05) is 27.7 Å². The molecule has 208 valence electrons. The van der Waals surface area contributed by atoms with E-state index in [1.165, 1.54) is 14.2 Å². The van der Waals surface area contributed by atoms with E-state index < -0.39 is 53.9 Å². The Hall–Kier alpha value is -1.53. The molecular weight excluding hydrogens is 470 g/mol. The van der Waals surface area contributed by atoms with Gasteiger partial charge in [0.05, 0.1) is 30.2 Å². The van der Waals surface area contributed by atoms with Crippen molar-refractivity contribution in [1.29, 1.82) is 0 Å². The van der Waals surface area contributed by atoms with Crippen LogP contribution in [0.25, 0.3) is 0 Å². The second kappa shape index (κ2) is 12.3. The molecule has 10 nitrogen and oxygen atoms in total. The summed E-state index contributed by atoms with van der Waals surface area (Å²) < 4.78 is 28.5. The summed E-state index contributed by atoms with van der Waals surface area (Å²) in [6.45, 7) is 16.9. The van der Waals surface area contributed by atoms with Gasteiger partial charge in [0.25, 0.3) is 5.91 Å². The van der Waals surface area contributed by atoms with Gasteiger partial charge in [-0.3, -0.25) is 4.79 Å². The normalized spacial score (nSPS) is 34.9. The van der Waals surface area contributed by atoms with Crippen LogP contribution in [0.3, 0.4) is 0 Å². The molecule has 0 aromatic heterocycles. The third-order valence-corrected chi connectivity index (χ3v) is 7.59. The Labute approximate surface area is 214 Å². The van der Waals surface area contributed by atoms with Crippen LogP contribution in [-0.2, 0) is 28.5 Å². The molecule has 0 saturated carbocycles. The van der Waals surface area contributed by atoms with Crippen LogP contribution in [0.2, 0.25) is 0 Å². The number of hydrogen-bond acceptors (Lipinski definition) is 9. The van der Waals surface area contributed by atoms with E-state index >= 15 is 0 Å². The highest BCUT2D eigenvalue weighted by atomic mass is 16.7. The molecule has 2 unspecified atom stereocenters. The first-order valence-corrected chi connectivity index (χ1v) is 12.4. The average Bonchev–Trinajstić information content (AvgIpc) is 2.81. The number of ether oxygens (including phenoxy) is 5. The SMILES string of the molecule is C=C(C)OC[C@@H](O)C[C@H]1OC([C@@H](NC(=O)[C@@H](O)[C@@]2(OC)CC(=C)C(C)[C@@H](C)O2)OC)C[C@@H](O)C1(C)C. The lowest BCUT2D eigenvalue weighted by Crippen LogP contribution is -2.62. The lowest BCUT2D eigenvalue weighted by Gasteiger charge is -2.48. The van der Waals surface area contributed by atoms with Gasteiger partial charge in [-0.25, -0.2) is 0 Å². The molecule has 0 spiro atoms. The van der Waals surface area contributed by atoms with Crippen molar-refractivity contribution in [3.05, 3.63) is 24.5 Å². The fourth-order valence-electron chi connectivity index (χ4n) is 4.67. The van der Waals surface area contributed by atoms with Crippen molar-refractivity contribution in [2.45, 2.75) is 103 Å². The summed E-state index contributed by atoms with van der Waals surface area (Å²) >= 11 is 0. The predicted octanol–water partition coefficient (Wildman–Crippen LogP) is 1.63. The first kappa shape index (κ1) is 30.7. The van der Waals surface area contributed by atoms with Crippen LogP contribution in [0.1, 0.15) is 53.9 Å². The van der Waals surface area contributed by atoms with Gasteiger partial charge in [-0.15, -0.1) is 0 Å². The van der Waals surface area contributed by atoms with Gasteiger partial charge in [-0.05, 0) is 13.8 Å². The Kier molecular flexibility index (Phi) is 10.5. The number of aliphatic hydroxyl groups excluding tert-OH is 3. The minimum Gasteiger partial charge on any atom is -0.496 e. The van der Waals surface area contributed by atoms with Crippen molar-refractivity contribution >= 4 is 5.91 Å². The Bertz CT molecular complexity index is 787. The number of rotatable bonds is 11. The molecule has 2 saturated heterocycles. The van der Waals surface area contributed by atoms with Gasteiger partial charge in [-0.1, -0.05) is 39.5 Å². The minimum atomic E-state index is -1.67. The van der Waals surface area contributed by atoms with Gasteiger partial charge < -0.3 is 44.3 Å². The molecule has 0 aromatic rings. The van der Waals surface area contributed by atoms with Crippen LogP contribution in [-0.4, -0.2) is 90.7 Å². The molecule has 2 fully saturated rings. The molecule has 0 radical (unpaired) electrons. The summed E-state index contributed by atoms with van der Waals surface area (Å²) in [5.41, 5.74) is 0.134. The predicted molar refractivity (Wildman–Crippen MR) is 133 cm³/mol. The van der Waals surface area contributed by atoms with E-state index in [-0.39, 0.29) is 37.9 Å². The van der Waals surface area contributed by atoms with Gasteiger partial charge >= 0.3 is 0 Å². The van der Waals surface area contributed by atoms with Gasteiger partial charge in [0.2, 0.25) is 5.79 Å². The van der Waals surface area contributed by atoms with Gasteiger partial charge in [0, 0.05) is 44.8 Å². The number of amides is 1. The van der Waals surface area contributed by atoms with E-state index in [4.69, 9.17) is 23.7 Å². The van der Waals surface area contributed by atoms with E-state index in [9.17, 15) is 20.1 Å². The van der Waals surface area contributed by atoms with Crippen molar-refractivity contribution in [3.63, 3.8) is 0 Å². The number of hydrogen-bond donors (Lipinski definition) is 4. The van der Waals surface area contributed by atoms with Crippen molar-refractivity contribution in [2.24, 2.45) is 11.3 Å². The standard InChI is InChI=1S/C26H45NO9/c1-14(2)34-13-18(28)10-21-25(6,7)20(29)11-19(35-21)24(32-8)27-23(31)22(30)26(33-9)12-15(3)16(4)17(5)36-26/h16-22,24,28-30H,1,3,10-13H2,2,4-9H3,(H,27,31)/t16?,17-,18+,19?,20-,21-,22-,24+,26-/m1/s1. The van der Waals surface area contributed by atoms with Gasteiger partial charge in [-0.2, -0.15) is 0 Å². The molecule has 2 aliphatic rings. The maximum atomic E-state index is 13.1. The fourth-order valence-corrected chi connectivity index (χ4v) is 4.67. The van der Waals surface area contributed by atoms with Crippen LogP contribution in [0, 0.1) is 11.3 Å². The zero-order chi connectivity index (χ0) is 27.4. The number of carbonyl (C=O) groups excluding carboxylic acids is 1. The van der Waals surface area contributed by atoms with Crippen molar-refractivity contribution in [1.82, 2.24) is 5.32 Å². The highest BCUT2D eigenvalue weighted by Gasteiger charge is 2.51. The summed E-state index contributed by atoms with van der Waals surface area (Å²) in [5, 5.41) is 34.9. The van der Waals surface area contributed by atoms with Crippen molar-refractivity contribution in [2.75, 3.05) is 20.8 Å². The second-order valence-corrected chi connectivity index (χ2v) is 10.7. The average molecular weight is 516 g/mol. The second-order valence-electron chi connectivity index (χ2n) is 10.7. The molecule has 0 bridgehead atoms. The van der Waals surface area contributed by atoms with E-state index in [0.29, 0.717) is 5.76 Å². The smallest absolute Gasteiger partial charge is 0.256 e. The molecule has 4 N–H and O–H groups in total. The Balaban J connectivity index is 2.13. The largest absolute Gasteiger partial charge is 0.496 e. The zero-order valence-corrected chi connectivity index (χ0v) is 22.7. The summed E-state index contributed by atoms with van der Waals surface area (Å²) in [5.74, 6) is -1.83. The molecule has 10 heteroatoms. The Morgan fingerprint density at radius 1 is 1.28 bits per heavy atom. The van der Waals surface area contributed by atoms with Gasteiger partial charge in [0.15, 0.2) is 12.3 Å². The molecule has 2 aliphatic heterocycles. The van der Waals surface area contributed by atoms with Crippen LogP contribution >= 0.6 is 0 Å². The van der Waals surface area contributed by atoms with Crippen molar-refractivity contribution < 1.29 is 43.8 Å². The number of methoxy groups -OCH3 is 2. The van der Waals surface area contributed by atoms with Crippen LogP contribution in [0.4, 0.5) is 0 Å².